The first-order chi connectivity index (χ1) is 8.46. The molecular weight excluding hydrogens is 292 g/mol. The Morgan fingerprint density at radius 3 is 2.72 bits per heavy atom. The highest BCUT2D eigenvalue weighted by Crippen LogP contribution is 2.35. The van der Waals surface area contributed by atoms with Crippen LogP contribution >= 0.6 is 15.9 Å². The zero-order chi connectivity index (χ0) is 13.2. The predicted molar refractivity (Wildman–Crippen MR) is 75.4 cm³/mol. The maximum atomic E-state index is 12.1. The van der Waals surface area contributed by atoms with Crippen LogP contribution in [0.4, 0.5) is 0 Å². The van der Waals surface area contributed by atoms with E-state index in [-0.39, 0.29) is 5.91 Å². The summed E-state index contributed by atoms with van der Waals surface area (Å²) in [7, 11) is 0. The van der Waals surface area contributed by atoms with Crippen LogP contribution in [0.3, 0.4) is 0 Å². The lowest BCUT2D eigenvalue weighted by Crippen LogP contribution is -2.39. The molecule has 4 heteroatoms. The standard InChI is InChI=1S/C14H19BrN2O/c1-14(2)6-3-11(4-7-14)17-13(18)10-5-8-16-12(15)9-10/h5,8-9,11H,3-4,6-7H2,1-2H3,(H,17,18). The number of nitrogens with one attached hydrogen (secondary N) is 1. The number of pyridine rings is 1. The number of aromatic nitrogens is 1. The number of hydrogen-bond donors (Lipinski definition) is 1. The molecule has 0 radical (unpaired) electrons. The summed E-state index contributed by atoms with van der Waals surface area (Å²) in [5.41, 5.74) is 1.10. The molecule has 1 aliphatic carbocycles. The molecule has 98 valence electrons. The lowest BCUT2D eigenvalue weighted by molar-refractivity contribution is 0.0909. The number of halogens is 1. The molecule has 3 nitrogen and oxygen atoms in total. The van der Waals surface area contributed by atoms with E-state index in [1.807, 2.05) is 0 Å². The first-order valence-corrected chi connectivity index (χ1v) is 7.18. The van der Waals surface area contributed by atoms with E-state index in [1.54, 1.807) is 18.3 Å². The van der Waals surface area contributed by atoms with E-state index in [2.05, 4.69) is 40.1 Å². The van der Waals surface area contributed by atoms with Gasteiger partial charge in [-0.1, -0.05) is 13.8 Å². The van der Waals surface area contributed by atoms with Gasteiger partial charge >= 0.3 is 0 Å². The summed E-state index contributed by atoms with van der Waals surface area (Å²) >= 11 is 3.28. The molecule has 0 aliphatic heterocycles. The fourth-order valence-corrected chi connectivity index (χ4v) is 2.72. The van der Waals surface area contributed by atoms with Gasteiger partial charge in [-0.2, -0.15) is 0 Å². The van der Waals surface area contributed by atoms with Crippen LogP contribution in [-0.2, 0) is 0 Å². The number of carbonyl (C=O) groups is 1. The maximum absolute atomic E-state index is 12.1. The quantitative estimate of drug-likeness (QED) is 0.849. The maximum Gasteiger partial charge on any atom is 0.251 e. The van der Waals surface area contributed by atoms with E-state index in [9.17, 15) is 4.79 Å². The second kappa shape index (κ2) is 5.39. The van der Waals surface area contributed by atoms with E-state index in [4.69, 9.17) is 0 Å². The third-order valence-corrected chi connectivity index (χ3v) is 4.10. The van der Waals surface area contributed by atoms with E-state index >= 15 is 0 Å². The van der Waals surface area contributed by atoms with Crippen LogP contribution in [0, 0.1) is 5.41 Å². The van der Waals surface area contributed by atoms with Gasteiger partial charge in [0.25, 0.3) is 5.91 Å². The third-order valence-electron chi connectivity index (χ3n) is 3.66. The van der Waals surface area contributed by atoms with Crippen LogP contribution in [0.1, 0.15) is 49.9 Å². The van der Waals surface area contributed by atoms with Crippen LogP contribution in [-0.4, -0.2) is 16.9 Å². The molecule has 1 saturated carbocycles. The molecule has 2 rings (SSSR count). The van der Waals surface area contributed by atoms with Gasteiger partial charge in [-0.05, 0) is 59.2 Å². The zero-order valence-electron chi connectivity index (χ0n) is 10.9. The van der Waals surface area contributed by atoms with Gasteiger partial charge in [-0.25, -0.2) is 4.98 Å². The highest BCUT2D eigenvalue weighted by atomic mass is 79.9. The molecule has 1 N–H and O–H groups in total. The molecule has 18 heavy (non-hydrogen) atoms. The molecule has 1 heterocycles. The Kier molecular flexibility index (Phi) is 4.05. The van der Waals surface area contributed by atoms with Crippen LogP contribution < -0.4 is 5.32 Å². The largest absolute Gasteiger partial charge is 0.349 e. The molecule has 1 aromatic rings. The first-order valence-electron chi connectivity index (χ1n) is 6.39. The van der Waals surface area contributed by atoms with E-state index < -0.39 is 0 Å². The number of rotatable bonds is 2. The van der Waals surface area contributed by atoms with Gasteiger partial charge in [0.05, 0.1) is 0 Å². The molecular formula is C14H19BrN2O. The highest BCUT2D eigenvalue weighted by molar-refractivity contribution is 9.10. The molecule has 1 fully saturated rings. The Hall–Kier alpha value is -0.900. The minimum Gasteiger partial charge on any atom is -0.349 e. The molecule has 0 unspecified atom stereocenters. The van der Waals surface area contributed by atoms with Crippen molar-refractivity contribution in [3.8, 4) is 0 Å². The van der Waals surface area contributed by atoms with E-state index in [0.717, 1.165) is 12.8 Å². The zero-order valence-corrected chi connectivity index (χ0v) is 12.5. The Labute approximate surface area is 117 Å². The predicted octanol–water partition coefficient (Wildman–Crippen LogP) is 3.54. The Morgan fingerprint density at radius 1 is 1.44 bits per heavy atom. The molecule has 0 atom stereocenters. The number of nitrogens with zero attached hydrogens (tertiary/aromatic N) is 1. The molecule has 0 aromatic carbocycles. The topological polar surface area (TPSA) is 42.0 Å². The molecule has 0 bridgehead atoms. The lowest BCUT2D eigenvalue weighted by atomic mass is 9.75. The van der Waals surface area contributed by atoms with Gasteiger partial charge in [-0.3, -0.25) is 4.79 Å². The van der Waals surface area contributed by atoms with Crippen LogP contribution in [0.25, 0.3) is 0 Å². The van der Waals surface area contributed by atoms with E-state index in [0.29, 0.717) is 21.6 Å². The van der Waals surface area contributed by atoms with Gasteiger partial charge in [0.1, 0.15) is 4.60 Å². The second-order valence-electron chi connectivity index (χ2n) is 5.78. The summed E-state index contributed by atoms with van der Waals surface area (Å²) in [4.78, 5) is 16.1. The van der Waals surface area contributed by atoms with Gasteiger partial charge in [0.15, 0.2) is 0 Å². The molecule has 1 aliphatic rings. The molecule has 1 amide bonds. The smallest absolute Gasteiger partial charge is 0.251 e. The molecule has 0 saturated heterocycles. The van der Waals surface area contributed by atoms with Crippen molar-refractivity contribution in [2.45, 2.75) is 45.6 Å². The number of amides is 1. The Balaban J connectivity index is 1.93. The van der Waals surface area contributed by atoms with Crippen LogP contribution in [0.15, 0.2) is 22.9 Å². The second-order valence-corrected chi connectivity index (χ2v) is 6.59. The van der Waals surface area contributed by atoms with Crippen molar-refractivity contribution in [3.05, 3.63) is 28.5 Å². The third kappa shape index (κ3) is 3.55. The van der Waals surface area contributed by atoms with Crippen molar-refractivity contribution < 1.29 is 4.79 Å². The van der Waals surface area contributed by atoms with Crippen LogP contribution in [0.2, 0.25) is 0 Å². The summed E-state index contributed by atoms with van der Waals surface area (Å²) in [6.07, 6.45) is 6.15. The van der Waals surface area contributed by atoms with Crippen LogP contribution in [0.5, 0.6) is 0 Å². The Bertz CT molecular complexity index is 435. The lowest BCUT2D eigenvalue weighted by Gasteiger charge is -2.34. The molecule has 1 aromatic heterocycles. The number of carbonyl (C=O) groups excluding carboxylic acids is 1. The van der Waals surface area contributed by atoms with Crippen molar-refractivity contribution in [2.24, 2.45) is 5.41 Å². The van der Waals surface area contributed by atoms with Crippen molar-refractivity contribution in [1.29, 1.82) is 0 Å². The van der Waals surface area contributed by atoms with Crippen molar-refractivity contribution >= 4 is 21.8 Å². The van der Waals surface area contributed by atoms with Gasteiger partial charge in [-0.15, -0.1) is 0 Å². The summed E-state index contributed by atoms with van der Waals surface area (Å²) in [5.74, 6) is 0.00260. The fourth-order valence-electron chi connectivity index (χ4n) is 2.36. The Morgan fingerprint density at radius 2 is 2.11 bits per heavy atom. The van der Waals surface area contributed by atoms with Crippen molar-refractivity contribution in [3.63, 3.8) is 0 Å². The summed E-state index contributed by atoms with van der Waals surface area (Å²) in [6.45, 7) is 4.59. The molecule has 0 spiro atoms. The minimum atomic E-state index is 0.00260. The van der Waals surface area contributed by atoms with Gasteiger partial charge in [0, 0.05) is 17.8 Å². The van der Waals surface area contributed by atoms with Gasteiger partial charge in [0.2, 0.25) is 0 Å². The number of hydrogen-bond acceptors (Lipinski definition) is 2. The monoisotopic (exact) mass is 310 g/mol. The minimum absolute atomic E-state index is 0.00260. The SMILES string of the molecule is CC1(C)CCC(NC(=O)c2ccnc(Br)c2)CC1. The average molecular weight is 311 g/mol. The average Bonchev–Trinajstić information content (AvgIpc) is 2.32. The normalized spacial score (nSPS) is 19.5. The fraction of sp³-hybridized carbons (Fsp3) is 0.571. The van der Waals surface area contributed by atoms with Crippen molar-refractivity contribution in [1.82, 2.24) is 10.3 Å². The highest BCUT2D eigenvalue weighted by Gasteiger charge is 2.27. The summed E-state index contributed by atoms with van der Waals surface area (Å²) < 4.78 is 0.694. The summed E-state index contributed by atoms with van der Waals surface area (Å²) in [5, 5.41) is 3.11. The van der Waals surface area contributed by atoms with E-state index in [1.165, 1.54) is 12.8 Å². The first kappa shape index (κ1) is 13.5. The van der Waals surface area contributed by atoms with Crippen molar-refractivity contribution in [2.75, 3.05) is 0 Å². The van der Waals surface area contributed by atoms with Gasteiger partial charge < -0.3 is 5.32 Å². The summed E-state index contributed by atoms with van der Waals surface area (Å²) in [6, 6.07) is 3.81.